The van der Waals surface area contributed by atoms with Gasteiger partial charge in [0.25, 0.3) is 0 Å². The summed E-state index contributed by atoms with van der Waals surface area (Å²) in [6.45, 7) is 7.33. The number of nitrogens with zero attached hydrogens (tertiary/aromatic N) is 1. The first-order valence-electron chi connectivity index (χ1n) is 10.1. The van der Waals surface area contributed by atoms with Crippen molar-refractivity contribution in [2.24, 2.45) is 0 Å². The van der Waals surface area contributed by atoms with E-state index >= 15 is 0 Å². The van der Waals surface area contributed by atoms with Crippen molar-refractivity contribution in [3.63, 3.8) is 0 Å². The number of carbonyl (C=O) groups excluding carboxylic acids is 3. The van der Waals surface area contributed by atoms with E-state index < -0.39 is 0 Å². The van der Waals surface area contributed by atoms with Crippen molar-refractivity contribution in [2.45, 2.75) is 58.8 Å². The van der Waals surface area contributed by atoms with Crippen LogP contribution in [0.5, 0.6) is 0 Å². The van der Waals surface area contributed by atoms with Crippen LogP contribution in [0.25, 0.3) is 0 Å². The van der Waals surface area contributed by atoms with E-state index in [1.165, 1.54) is 6.08 Å². The fourth-order valence-electron chi connectivity index (χ4n) is 2.61. The van der Waals surface area contributed by atoms with Gasteiger partial charge in [0.1, 0.15) is 0 Å². The molecule has 0 fully saturated rings. The summed E-state index contributed by atoms with van der Waals surface area (Å²) in [5.41, 5.74) is 0. The number of nitrogens with one attached hydrogen (secondary N) is 3. The lowest BCUT2D eigenvalue weighted by Gasteiger charge is -2.20. The Kier molecular flexibility index (Phi) is 16.3. The van der Waals surface area contributed by atoms with Crippen molar-refractivity contribution in [2.75, 3.05) is 39.8 Å². The highest BCUT2D eigenvalue weighted by Crippen LogP contribution is 2.02. The van der Waals surface area contributed by atoms with Gasteiger partial charge in [-0.3, -0.25) is 14.4 Å². The normalized spacial score (nSPS) is 10.8. The summed E-state index contributed by atoms with van der Waals surface area (Å²) in [5, 5.41) is 8.76. The average molecular weight is 383 g/mol. The van der Waals surface area contributed by atoms with E-state index in [4.69, 9.17) is 0 Å². The van der Waals surface area contributed by atoms with Crippen LogP contribution in [0.3, 0.4) is 0 Å². The Morgan fingerprint density at radius 2 is 1.56 bits per heavy atom. The number of carbonyl (C=O) groups is 3. The second-order valence-electron chi connectivity index (χ2n) is 6.49. The van der Waals surface area contributed by atoms with Gasteiger partial charge in [0.2, 0.25) is 17.7 Å². The van der Waals surface area contributed by atoms with Gasteiger partial charge in [-0.05, 0) is 46.2 Å². The molecule has 3 amide bonds. The number of hydrogen-bond acceptors (Lipinski definition) is 4. The Bertz CT molecular complexity index is 453. The monoisotopic (exact) mass is 382 g/mol. The van der Waals surface area contributed by atoms with Crippen molar-refractivity contribution in [3.8, 4) is 0 Å². The topological polar surface area (TPSA) is 90.5 Å². The number of allylic oxidation sites excluding steroid dienone is 1. The van der Waals surface area contributed by atoms with E-state index in [0.717, 1.165) is 32.2 Å². The predicted octanol–water partition coefficient (Wildman–Crippen LogP) is 1.59. The third kappa shape index (κ3) is 14.9. The third-order valence-electron chi connectivity index (χ3n) is 4.20. The van der Waals surface area contributed by atoms with Crippen LogP contribution in [0, 0.1) is 0 Å². The molecule has 0 aromatic heterocycles. The Hall–Kier alpha value is -1.89. The highest BCUT2D eigenvalue weighted by atomic mass is 16.2. The molecule has 7 heteroatoms. The molecule has 0 aromatic carbocycles. The zero-order chi connectivity index (χ0) is 20.3. The SMILES string of the molecule is C/C=C/C(=O)NCCCCCCNC(=O)CCCC(=O)N(CC)CCNC. The number of rotatable bonds is 16. The molecule has 0 aliphatic rings. The molecule has 27 heavy (non-hydrogen) atoms. The van der Waals surface area contributed by atoms with Gasteiger partial charge < -0.3 is 20.9 Å². The molecule has 0 heterocycles. The molecule has 7 nitrogen and oxygen atoms in total. The standard InChI is InChI=1S/C20H38N4O3/c1-4-11-18(25)22-14-8-6-7-9-15-23-19(26)12-10-13-20(27)24(5-2)17-16-21-3/h4,11,21H,5-10,12-17H2,1-3H3,(H,22,25)(H,23,26)/b11-4+. The summed E-state index contributed by atoms with van der Waals surface area (Å²) in [4.78, 5) is 36.9. The van der Waals surface area contributed by atoms with Crippen LogP contribution in [0.1, 0.15) is 58.8 Å². The van der Waals surface area contributed by atoms with Crippen LogP contribution >= 0.6 is 0 Å². The summed E-state index contributed by atoms with van der Waals surface area (Å²) in [7, 11) is 1.87. The molecule has 3 N–H and O–H groups in total. The second kappa shape index (κ2) is 17.5. The van der Waals surface area contributed by atoms with Gasteiger partial charge in [0.05, 0.1) is 0 Å². The largest absolute Gasteiger partial charge is 0.356 e. The molecule has 0 aliphatic heterocycles. The zero-order valence-electron chi connectivity index (χ0n) is 17.3. The van der Waals surface area contributed by atoms with E-state index in [2.05, 4.69) is 16.0 Å². The minimum atomic E-state index is -0.0488. The maximum atomic E-state index is 12.1. The van der Waals surface area contributed by atoms with Gasteiger partial charge in [0, 0.05) is 45.6 Å². The molecule has 0 saturated heterocycles. The fourth-order valence-corrected chi connectivity index (χ4v) is 2.61. The molecule has 0 rings (SSSR count). The Balaban J connectivity index is 3.58. The minimum Gasteiger partial charge on any atom is -0.356 e. The van der Waals surface area contributed by atoms with Gasteiger partial charge in [-0.25, -0.2) is 0 Å². The number of hydrogen-bond donors (Lipinski definition) is 3. The summed E-state index contributed by atoms with van der Waals surface area (Å²) in [6.07, 6.45) is 8.57. The highest BCUT2D eigenvalue weighted by Gasteiger charge is 2.11. The maximum Gasteiger partial charge on any atom is 0.243 e. The zero-order valence-corrected chi connectivity index (χ0v) is 17.3. The van der Waals surface area contributed by atoms with Crippen LogP contribution in [-0.2, 0) is 14.4 Å². The molecule has 0 bridgehead atoms. The lowest BCUT2D eigenvalue weighted by atomic mass is 10.2. The van der Waals surface area contributed by atoms with Crippen LogP contribution < -0.4 is 16.0 Å². The predicted molar refractivity (Wildman–Crippen MR) is 109 cm³/mol. The Labute approximate surface area is 164 Å². The summed E-state index contributed by atoms with van der Waals surface area (Å²) < 4.78 is 0. The first-order valence-corrected chi connectivity index (χ1v) is 10.1. The minimum absolute atomic E-state index is 0.0136. The Morgan fingerprint density at radius 3 is 2.15 bits per heavy atom. The first kappa shape index (κ1) is 25.1. The smallest absolute Gasteiger partial charge is 0.243 e. The van der Waals surface area contributed by atoms with Crippen LogP contribution in [-0.4, -0.2) is 62.4 Å². The van der Waals surface area contributed by atoms with Gasteiger partial charge in [-0.15, -0.1) is 0 Å². The fraction of sp³-hybridized carbons (Fsp3) is 0.750. The van der Waals surface area contributed by atoms with Crippen molar-refractivity contribution in [1.82, 2.24) is 20.9 Å². The van der Waals surface area contributed by atoms with Crippen LogP contribution in [0.15, 0.2) is 12.2 Å². The lowest BCUT2D eigenvalue weighted by Crippen LogP contribution is -2.36. The molecular weight excluding hydrogens is 344 g/mol. The van der Waals surface area contributed by atoms with Crippen LogP contribution in [0.2, 0.25) is 0 Å². The maximum absolute atomic E-state index is 12.1. The van der Waals surface area contributed by atoms with Crippen LogP contribution in [0.4, 0.5) is 0 Å². The molecule has 0 aromatic rings. The van der Waals surface area contributed by atoms with Crippen molar-refractivity contribution in [1.29, 1.82) is 0 Å². The molecule has 0 spiro atoms. The number of unbranched alkanes of at least 4 members (excludes halogenated alkanes) is 3. The molecule has 0 unspecified atom stereocenters. The van der Waals surface area contributed by atoms with E-state index in [-0.39, 0.29) is 17.7 Å². The number of amides is 3. The molecule has 156 valence electrons. The molecular formula is C20H38N4O3. The van der Waals surface area contributed by atoms with E-state index in [1.807, 2.05) is 25.8 Å². The third-order valence-corrected chi connectivity index (χ3v) is 4.20. The van der Waals surface area contributed by atoms with Crippen molar-refractivity contribution >= 4 is 17.7 Å². The average Bonchev–Trinajstić information content (AvgIpc) is 2.64. The van der Waals surface area contributed by atoms with E-state index in [0.29, 0.717) is 45.4 Å². The summed E-state index contributed by atoms with van der Waals surface area (Å²) in [5.74, 6) is 0.0779. The van der Waals surface area contributed by atoms with Gasteiger partial charge in [-0.1, -0.05) is 18.9 Å². The van der Waals surface area contributed by atoms with E-state index in [1.54, 1.807) is 6.08 Å². The lowest BCUT2D eigenvalue weighted by molar-refractivity contribution is -0.131. The van der Waals surface area contributed by atoms with Crippen molar-refractivity contribution in [3.05, 3.63) is 12.2 Å². The Morgan fingerprint density at radius 1 is 0.889 bits per heavy atom. The van der Waals surface area contributed by atoms with E-state index in [9.17, 15) is 14.4 Å². The highest BCUT2D eigenvalue weighted by molar-refractivity contribution is 5.87. The van der Waals surface area contributed by atoms with Gasteiger partial charge in [0.15, 0.2) is 0 Å². The second-order valence-corrected chi connectivity index (χ2v) is 6.49. The molecule has 0 saturated carbocycles. The quantitative estimate of drug-likeness (QED) is 0.279. The molecule has 0 aliphatic carbocycles. The molecule has 0 radical (unpaired) electrons. The molecule has 0 atom stereocenters. The number of likely N-dealkylation sites (N-methyl/N-ethyl adjacent to an activating group) is 2. The summed E-state index contributed by atoms with van der Waals surface area (Å²) in [6, 6.07) is 0. The first-order chi connectivity index (χ1) is 13.0. The summed E-state index contributed by atoms with van der Waals surface area (Å²) >= 11 is 0. The van der Waals surface area contributed by atoms with Gasteiger partial charge >= 0.3 is 0 Å². The van der Waals surface area contributed by atoms with Gasteiger partial charge in [-0.2, -0.15) is 0 Å². The van der Waals surface area contributed by atoms with Crippen molar-refractivity contribution < 1.29 is 14.4 Å².